The van der Waals surface area contributed by atoms with E-state index in [0.717, 1.165) is 5.56 Å². The molecule has 1 aliphatic rings. The van der Waals surface area contributed by atoms with E-state index in [1.807, 2.05) is 78.8 Å². The van der Waals surface area contributed by atoms with Gasteiger partial charge in [0.05, 0.1) is 18.7 Å². The summed E-state index contributed by atoms with van der Waals surface area (Å²) in [7, 11) is 5.21. The van der Waals surface area contributed by atoms with Crippen molar-refractivity contribution >= 4 is 23.7 Å². The monoisotopic (exact) mass is 603 g/mol. The maximum absolute atomic E-state index is 14.1. The SMILES string of the molecule is CNC(C(=O)N[C@H](C(=O)N(C)[C@H](CN(C)CC(=O)N1C[C@H](O)C[C@H]1C(=O)O)C(C)C)C(C)(C)C)C(C)(C)c1ccccc1. The number of likely N-dealkylation sites (N-methyl/N-ethyl adjacent to an activating group) is 3. The summed E-state index contributed by atoms with van der Waals surface area (Å²) in [5.41, 5.74) is -0.156. The molecule has 1 aliphatic heterocycles. The van der Waals surface area contributed by atoms with Crippen LogP contribution in [0.25, 0.3) is 0 Å². The van der Waals surface area contributed by atoms with Gasteiger partial charge in [0.15, 0.2) is 0 Å². The molecule has 0 bridgehead atoms. The molecule has 0 radical (unpaired) electrons. The summed E-state index contributed by atoms with van der Waals surface area (Å²) < 4.78 is 0. The zero-order valence-corrected chi connectivity index (χ0v) is 27.5. The minimum absolute atomic E-state index is 0.00744. The van der Waals surface area contributed by atoms with Crippen molar-refractivity contribution in [1.82, 2.24) is 25.3 Å². The highest BCUT2D eigenvalue weighted by Crippen LogP contribution is 2.29. The molecule has 1 unspecified atom stereocenters. The number of hydrogen-bond donors (Lipinski definition) is 4. The Morgan fingerprint density at radius 3 is 2.09 bits per heavy atom. The van der Waals surface area contributed by atoms with Gasteiger partial charge in [0.1, 0.15) is 12.1 Å². The molecule has 0 aliphatic carbocycles. The first-order valence-corrected chi connectivity index (χ1v) is 15.0. The fourth-order valence-electron chi connectivity index (χ4n) is 5.91. The number of carboxylic acid groups (broad SMARTS) is 1. The number of carboxylic acids is 1. The van der Waals surface area contributed by atoms with Gasteiger partial charge < -0.3 is 30.6 Å². The molecule has 43 heavy (non-hydrogen) atoms. The number of nitrogens with one attached hydrogen (secondary N) is 2. The lowest BCUT2D eigenvalue weighted by atomic mass is 9.76. The second-order valence-electron chi connectivity index (χ2n) is 13.9. The summed E-state index contributed by atoms with van der Waals surface area (Å²) in [5, 5.41) is 25.6. The number of aliphatic carboxylic acids is 1. The van der Waals surface area contributed by atoms with Crippen molar-refractivity contribution in [3.8, 4) is 0 Å². The average Bonchev–Trinajstić information content (AvgIpc) is 3.31. The van der Waals surface area contributed by atoms with Crippen LogP contribution in [0.4, 0.5) is 0 Å². The second kappa shape index (κ2) is 14.6. The van der Waals surface area contributed by atoms with Crippen molar-refractivity contribution in [2.45, 2.75) is 90.6 Å². The van der Waals surface area contributed by atoms with Crippen molar-refractivity contribution in [1.29, 1.82) is 0 Å². The molecule has 2 rings (SSSR count). The predicted molar refractivity (Wildman–Crippen MR) is 166 cm³/mol. The molecule has 1 heterocycles. The van der Waals surface area contributed by atoms with Gasteiger partial charge in [0.25, 0.3) is 0 Å². The van der Waals surface area contributed by atoms with Gasteiger partial charge in [-0.2, -0.15) is 0 Å². The molecule has 1 aromatic rings. The summed E-state index contributed by atoms with van der Waals surface area (Å²) >= 11 is 0. The van der Waals surface area contributed by atoms with Crippen LogP contribution in [0, 0.1) is 11.3 Å². The first-order valence-electron chi connectivity index (χ1n) is 15.0. The Kier molecular flexibility index (Phi) is 12.3. The Labute approximate surface area is 257 Å². The van der Waals surface area contributed by atoms with Crippen LogP contribution in [0.3, 0.4) is 0 Å². The zero-order valence-electron chi connectivity index (χ0n) is 27.5. The molecule has 0 saturated carbocycles. The molecule has 11 heteroatoms. The normalized spacial score (nSPS) is 19.7. The smallest absolute Gasteiger partial charge is 0.326 e. The molecule has 0 spiro atoms. The van der Waals surface area contributed by atoms with Crippen molar-refractivity contribution in [3.63, 3.8) is 0 Å². The van der Waals surface area contributed by atoms with Gasteiger partial charge in [0, 0.05) is 38.0 Å². The van der Waals surface area contributed by atoms with Crippen molar-refractivity contribution in [2.24, 2.45) is 11.3 Å². The number of aliphatic hydroxyl groups excluding tert-OH is 1. The van der Waals surface area contributed by atoms with Crippen LogP contribution in [0.5, 0.6) is 0 Å². The number of carbonyl (C=O) groups is 4. The van der Waals surface area contributed by atoms with E-state index in [1.54, 1.807) is 30.9 Å². The first-order chi connectivity index (χ1) is 19.8. The Balaban J connectivity index is 2.21. The molecule has 242 valence electrons. The number of nitrogens with zero attached hydrogens (tertiary/aromatic N) is 3. The van der Waals surface area contributed by atoms with Gasteiger partial charge in [-0.15, -0.1) is 0 Å². The Hall–Kier alpha value is -3.02. The van der Waals surface area contributed by atoms with Gasteiger partial charge in [-0.3, -0.25) is 19.3 Å². The fraction of sp³-hybridized carbons (Fsp3) is 0.688. The maximum Gasteiger partial charge on any atom is 0.326 e. The van der Waals surface area contributed by atoms with E-state index in [9.17, 15) is 29.4 Å². The molecule has 1 saturated heterocycles. The Bertz CT molecular complexity index is 1120. The van der Waals surface area contributed by atoms with E-state index < -0.39 is 41.0 Å². The number of rotatable bonds is 13. The highest BCUT2D eigenvalue weighted by Gasteiger charge is 2.42. The van der Waals surface area contributed by atoms with Crippen molar-refractivity contribution < 1.29 is 29.4 Å². The third kappa shape index (κ3) is 9.00. The minimum atomic E-state index is -1.14. The summed E-state index contributed by atoms with van der Waals surface area (Å²) in [6.45, 7) is 14.0. The number of carbonyl (C=O) groups excluding carboxylic acids is 3. The van der Waals surface area contributed by atoms with Crippen LogP contribution >= 0.6 is 0 Å². The summed E-state index contributed by atoms with van der Waals surface area (Å²) in [6.07, 6.45) is -0.860. The van der Waals surface area contributed by atoms with Crippen molar-refractivity contribution in [3.05, 3.63) is 35.9 Å². The van der Waals surface area contributed by atoms with Gasteiger partial charge >= 0.3 is 5.97 Å². The molecular weight excluding hydrogens is 550 g/mol. The lowest BCUT2D eigenvalue weighted by molar-refractivity contribution is -0.148. The standard InChI is InChI=1S/C32H53N5O6/c1-20(2)24(18-35(9)19-25(39)37-17-22(38)16-23(37)30(42)43)36(10)29(41)27(31(3,4)5)34-28(40)26(33-8)32(6,7)21-14-12-11-13-15-21/h11-15,20,22-24,26-27,33,38H,16-19H2,1-10H3,(H,34,40)(H,42,43)/t22-,23+,24-,26?,27-/m1/s1. The van der Waals surface area contributed by atoms with Crippen LogP contribution < -0.4 is 10.6 Å². The highest BCUT2D eigenvalue weighted by molar-refractivity contribution is 5.91. The van der Waals surface area contributed by atoms with Crippen molar-refractivity contribution in [2.75, 3.05) is 40.8 Å². The summed E-state index contributed by atoms with van der Waals surface area (Å²) in [5.74, 6) is -2.02. The van der Waals surface area contributed by atoms with E-state index in [0.29, 0.717) is 6.54 Å². The number of likely N-dealkylation sites (tertiary alicyclic amines) is 1. The van der Waals surface area contributed by atoms with Crippen LogP contribution in [0.1, 0.15) is 60.5 Å². The fourth-order valence-corrected chi connectivity index (χ4v) is 5.91. The molecule has 1 fully saturated rings. The van der Waals surface area contributed by atoms with Gasteiger partial charge in [-0.1, -0.05) is 78.8 Å². The average molecular weight is 604 g/mol. The number of benzene rings is 1. The summed E-state index contributed by atoms with van der Waals surface area (Å²) in [4.78, 5) is 57.0. The number of aliphatic hydroxyl groups is 1. The third-order valence-corrected chi connectivity index (χ3v) is 8.59. The van der Waals surface area contributed by atoms with Gasteiger partial charge in [-0.25, -0.2) is 4.79 Å². The van der Waals surface area contributed by atoms with E-state index in [2.05, 4.69) is 10.6 Å². The quantitative estimate of drug-likeness (QED) is 0.266. The second-order valence-corrected chi connectivity index (χ2v) is 13.9. The lowest BCUT2D eigenvalue weighted by Crippen LogP contribution is -2.62. The number of amides is 3. The first kappa shape index (κ1) is 36.2. The molecule has 5 atom stereocenters. The largest absolute Gasteiger partial charge is 0.480 e. The Morgan fingerprint density at radius 1 is 1.02 bits per heavy atom. The summed E-state index contributed by atoms with van der Waals surface area (Å²) in [6, 6.07) is 7.01. The number of hydrogen-bond acceptors (Lipinski definition) is 7. The minimum Gasteiger partial charge on any atom is -0.480 e. The predicted octanol–water partition coefficient (Wildman–Crippen LogP) is 1.54. The molecule has 11 nitrogen and oxygen atoms in total. The van der Waals surface area contributed by atoms with E-state index in [4.69, 9.17) is 0 Å². The zero-order chi connectivity index (χ0) is 32.9. The van der Waals surface area contributed by atoms with E-state index >= 15 is 0 Å². The van der Waals surface area contributed by atoms with Gasteiger partial charge in [0.2, 0.25) is 17.7 Å². The van der Waals surface area contributed by atoms with Crippen LogP contribution in [0.2, 0.25) is 0 Å². The molecular formula is C32H53N5O6. The Morgan fingerprint density at radius 2 is 1.60 bits per heavy atom. The molecule has 3 amide bonds. The van der Waals surface area contributed by atoms with Crippen LogP contribution in [-0.2, 0) is 24.6 Å². The molecule has 0 aromatic heterocycles. The lowest BCUT2D eigenvalue weighted by Gasteiger charge is -2.41. The highest BCUT2D eigenvalue weighted by atomic mass is 16.4. The van der Waals surface area contributed by atoms with Crippen LogP contribution in [-0.4, -0.2) is 120 Å². The van der Waals surface area contributed by atoms with E-state index in [-0.39, 0.29) is 49.2 Å². The molecule has 1 aromatic carbocycles. The topological polar surface area (TPSA) is 143 Å². The third-order valence-electron chi connectivity index (χ3n) is 8.59. The maximum atomic E-state index is 14.1. The van der Waals surface area contributed by atoms with E-state index in [1.165, 1.54) is 4.90 Å². The molecule has 4 N–H and O–H groups in total. The van der Waals surface area contributed by atoms with Gasteiger partial charge in [-0.05, 0) is 31.0 Å². The number of β-amino-alcohol motifs (C(OH)–C–C–N with tert-alkyl or cyclic N) is 1. The van der Waals surface area contributed by atoms with Crippen LogP contribution in [0.15, 0.2) is 30.3 Å².